The fraction of sp³-hybridized carbons (Fsp3) is 0.333. The van der Waals surface area contributed by atoms with Crippen LogP contribution in [0.4, 0.5) is 10.1 Å². The molecule has 0 saturated carbocycles. The number of hydrogen-bond donors (Lipinski definition) is 1. The van der Waals surface area contributed by atoms with Crippen molar-refractivity contribution in [3.8, 4) is 10.6 Å². The van der Waals surface area contributed by atoms with Gasteiger partial charge < -0.3 is 10.1 Å². The average Bonchev–Trinajstić information content (AvgIpc) is 2.92. The lowest BCUT2D eigenvalue weighted by Crippen LogP contribution is -2.18. The van der Waals surface area contributed by atoms with E-state index in [-0.39, 0.29) is 11.3 Å². The molecule has 0 aliphatic carbocycles. The molecule has 0 amide bonds. The van der Waals surface area contributed by atoms with Crippen molar-refractivity contribution in [3.05, 3.63) is 39.1 Å². The number of methoxy groups -OCH3 is 1. The first-order valence-corrected chi connectivity index (χ1v) is 6.90. The molecule has 0 atom stereocenters. The van der Waals surface area contributed by atoms with E-state index < -0.39 is 10.7 Å². The van der Waals surface area contributed by atoms with Gasteiger partial charge in [0.15, 0.2) is 5.01 Å². The van der Waals surface area contributed by atoms with Gasteiger partial charge in [-0.15, -0.1) is 10.2 Å². The number of ether oxygens (including phenoxy) is 1. The summed E-state index contributed by atoms with van der Waals surface area (Å²) in [6, 6.07) is 3.47. The summed E-state index contributed by atoms with van der Waals surface area (Å²) in [6.45, 7) is 1.77. The minimum atomic E-state index is -0.681. The first-order valence-electron chi connectivity index (χ1n) is 6.08. The third kappa shape index (κ3) is 4.00. The molecule has 0 radical (unpaired) electrons. The monoisotopic (exact) mass is 312 g/mol. The number of nitro groups is 1. The maximum atomic E-state index is 13.9. The first-order chi connectivity index (χ1) is 10.1. The van der Waals surface area contributed by atoms with Crippen LogP contribution in [-0.2, 0) is 11.3 Å². The predicted molar refractivity (Wildman–Crippen MR) is 75.5 cm³/mol. The summed E-state index contributed by atoms with van der Waals surface area (Å²) in [5.41, 5.74) is -0.0801. The highest BCUT2D eigenvalue weighted by Gasteiger charge is 2.15. The topological polar surface area (TPSA) is 90.2 Å². The van der Waals surface area contributed by atoms with Crippen molar-refractivity contribution in [1.82, 2.24) is 15.5 Å². The normalized spacial score (nSPS) is 10.8. The van der Waals surface area contributed by atoms with Crippen molar-refractivity contribution in [1.29, 1.82) is 0 Å². The summed E-state index contributed by atoms with van der Waals surface area (Å²) in [5, 5.41) is 22.6. The van der Waals surface area contributed by atoms with Gasteiger partial charge in [0.2, 0.25) is 0 Å². The van der Waals surface area contributed by atoms with Gasteiger partial charge in [0, 0.05) is 31.8 Å². The zero-order valence-electron chi connectivity index (χ0n) is 11.2. The van der Waals surface area contributed by atoms with E-state index in [4.69, 9.17) is 4.74 Å². The lowest BCUT2D eigenvalue weighted by molar-refractivity contribution is -0.385. The third-order valence-electron chi connectivity index (χ3n) is 2.62. The van der Waals surface area contributed by atoms with E-state index in [1.807, 2.05) is 0 Å². The van der Waals surface area contributed by atoms with Crippen molar-refractivity contribution < 1.29 is 14.1 Å². The van der Waals surface area contributed by atoms with Crippen LogP contribution in [0.25, 0.3) is 10.6 Å². The number of halogens is 1. The van der Waals surface area contributed by atoms with E-state index in [9.17, 15) is 14.5 Å². The molecule has 112 valence electrons. The molecule has 2 aromatic rings. The minimum absolute atomic E-state index is 0.209. The molecule has 1 heterocycles. The predicted octanol–water partition coefficient (Wildman–Crippen LogP) is 1.99. The Kier molecular flexibility index (Phi) is 5.26. The summed E-state index contributed by atoms with van der Waals surface area (Å²) in [5.74, 6) is -0.681. The Morgan fingerprint density at radius 3 is 2.95 bits per heavy atom. The highest BCUT2D eigenvalue weighted by atomic mass is 32.1. The number of hydrogen-bond acceptors (Lipinski definition) is 7. The highest BCUT2D eigenvalue weighted by Crippen LogP contribution is 2.28. The molecule has 0 fully saturated rings. The molecule has 7 nitrogen and oxygen atoms in total. The number of benzene rings is 1. The van der Waals surface area contributed by atoms with Gasteiger partial charge in [0.25, 0.3) is 5.69 Å². The fourth-order valence-electron chi connectivity index (χ4n) is 1.59. The van der Waals surface area contributed by atoms with Gasteiger partial charge in [-0.2, -0.15) is 0 Å². The zero-order chi connectivity index (χ0) is 15.2. The van der Waals surface area contributed by atoms with Crippen LogP contribution in [0.3, 0.4) is 0 Å². The molecule has 0 aliphatic rings. The molecule has 1 N–H and O–H groups in total. The molecule has 0 aliphatic heterocycles. The maximum Gasteiger partial charge on any atom is 0.272 e. The van der Waals surface area contributed by atoms with Gasteiger partial charge in [-0.1, -0.05) is 11.3 Å². The smallest absolute Gasteiger partial charge is 0.272 e. The number of rotatable bonds is 7. The molecule has 0 spiro atoms. The van der Waals surface area contributed by atoms with Crippen LogP contribution in [0.5, 0.6) is 0 Å². The molecular formula is C12H13FN4O3S. The first kappa shape index (κ1) is 15.4. The summed E-state index contributed by atoms with van der Waals surface area (Å²) >= 11 is 1.24. The van der Waals surface area contributed by atoms with Gasteiger partial charge in [-0.25, -0.2) is 4.39 Å². The van der Waals surface area contributed by atoms with Crippen LogP contribution in [0.1, 0.15) is 5.01 Å². The van der Waals surface area contributed by atoms with Crippen molar-refractivity contribution in [2.75, 3.05) is 20.3 Å². The van der Waals surface area contributed by atoms with Gasteiger partial charge in [0.1, 0.15) is 10.8 Å². The maximum absolute atomic E-state index is 13.9. The van der Waals surface area contributed by atoms with Crippen molar-refractivity contribution in [3.63, 3.8) is 0 Å². The SMILES string of the molecule is COCCNCc1nnc(-c2ccc([N+](=O)[O-])cc2F)s1. The van der Waals surface area contributed by atoms with Crippen molar-refractivity contribution in [2.24, 2.45) is 0 Å². The van der Waals surface area contributed by atoms with Crippen LogP contribution >= 0.6 is 11.3 Å². The van der Waals surface area contributed by atoms with Crippen LogP contribution < -0.4 is 5.32 Å². The number of nitrogens with one attached hydrogen (secondary N) is 1. The van der Waals surface area contributed by atoms with Crippen molar-refractivity contribution >= 4 is 17.0 Å². The van der Waals surface area contributed by atoms with E-state index in [2.05, 4.69) is 15.5 Å². The molecule has 21 heavy (non-hydrogen) atoms. The van der Waals surface area contributed by atoms with Crippen LogP contribution in [0, 0.1) is 15.9 Å². The van der Waals surface area contributed by atoms with E-state index in [0.29, 0.717) is 29.7 Å². The molecule has 0 saturated heterocycles. The van der Waals surface area contributed by atoms with E-state index in [0.717, 1.165) is 6.07 Å². The summed E-state index contributed by atoms with van der Waals surface area (Å²) in [6.07, 6.45) is 0. The van der Waals surface area contributed by atoms with E-state index in [1.54, 1.807) is 7.11 Å². The zero-order valence-corrected chi connectivity index (χ0v) is 12.0. The van der Waals surface area contributed by atoms with Gasteiger partial charge >= 0.3 is 0 Å². The summed E-state index contributed by atoms with van der Waals surface area (Å²) < 4.78 is 18.8. The molecular weight excluding hydrogens is 299 g/mol. The van der Waals surface area contributed by atoms with Crippen LogP contribution in [0.2, 0.25) is 0 Å². The molecule has 0 unspecified atom stereocenters. The minimum Gasteiger partial charge on any atom is -0.383 e. The second-order valence-corrected chi connectivity index (χ2v) is 5.15. The molecule has 9 heteroatoms. The largest absolute Gasteiger partial charge is 0.383 e. The van der Waals surface area contributed by atoms with Crippen molar-refractivity contribution in [2.45, 2.75) is 6.54 Å². The highest BCUT2D eigenvalue weighted by molar-refractivity contribution is 7.14. The van der Waals surface area contributed by atoms with Gasteiger partial charge in [-0.05, 0) is 6.07 Å². The Bertz CT molecular complexity index is 635. The Balaban J connectivity index is 2.08. The summed E-state index contributed by atoms with van der Waals surface area (Å²) in [4.78, 5) is 9.93. The van der Waals surface area contributed by atoms with E-state index >= 15 is 0 Å². The third-order valence-corrected chi connectivity index (χ3v) is 3.58. The Hall–Kier alpha value is -1.97. The van der Waals surface area contributed by atoms with Crippen LogP contribution in [0.15, 0.2) is 18.2 Å². The second-order valence-electron chi connectivity index (χ2n) is 4.09. The van der Waals surface area contributed by atoms with Crippen LogP contribution in [-0.4, -0.2) is 35.4 Å². The van der Waals surface area contributed by atoms with Gasteiger partial charge in [-0.3, -0.25) is 10.1 Å². The fourth-order valence-corrected chi connectivity index (χ4v) is 2.43. The Morgan fingerprint density at radius 2 is 2.29 bits per heavy atom. The standard InChI is InChI=1S/C12H13FN4O3S/c1-20-5-4-14-7-11-15-16-12(21-11)9-3-2-8(17(18)19)6-10(9)13/h2-3,6,14H,4-5,7H2,1H3. The average molecular weight is 312 g/mol. The number of nitro benzene ring substituents is 1. The lowest BCUT2D eigenvalue weighted by atomic mass is 10.2. The molecule has 1 aromatic carbocycles. The second kappa shape index (κ2) is 7.16. The molecule has 2 rings (SSSR count). The quantitative estimate of drug-likeness (QED) is 0.478. The number of aromatic nitrogens is 2. The molecule has 1 aromatic heterocycles. The number of nitrogens with zero attached hydrogens (tertiary/aromatic N) is 3. The Labute approximate surface area is 123 Å². The van der Waals surface area contributed by atoms with Gasteiger partial charge in [0.05, 0.1) is 17.6 Å². The number of non-ortho nitro benzene ring substituents is 1. The lowest BCUT2D eigenvalue weighted by Gasteiger charge is -1.99. The van der Waals surface area contributed by atoms with E-state index in [1.165, 1.54) is 23.5 Å². The molecule has 0 bridgehead atoms. The Morgan fingerprint density at radius 1 is 1.48 bits per heavy atom. The summed E-state index contributed by atoms with van der Waals surface area (Å²) in [7, 11) is 1.61.